The molecule has 1 aromatic carbocycles. The first kappa shape index (κ1) is 14.7. The lowest BCUT2D eigenvalue weighted by molar-refractivity contribution is -0.384. The van der Waals surface area contributed by atoms with Crippen LogP contribution in [0.25, 0.3) is 0 Å². The minimum absolute atomic E-state index is 0.0939. The second-order valence-electron chi connectivity index (χ2n) is 4.78. The molecule has 0 bridgehead atoms. The lowest BCUT2D eigenvalue weighted by atomic mass is 10.1. The van der Waals surface area contributed by atoms with Crippen LogP contribution < -0.4 is 10.9 Å². The van der Waals surface area contributed by atoms with Crippen LogP contribution in [-0.2, 0) is 4.79 Å². The van der Waals surface area contributed by atoms with Crippen LogP contribution in [0.1, 0.15) is 29.6 Å². The van der Waals surface area contributed by atoms with E-state index in [9.17, 15) is 19.7 Å². The van der Waals surface area contributed by atoms with Gasteiger partial charge in [0.25, 0.3) is 11.6 Å². The Morgan fingerprint density at radius 3 is 2.52 bits per heavy atom. The Hall–Kier alpha value is -2.70. The standard InChI is InChI=1S/C14H15N3O4/c18-13(9-10-3-1-2-4-10)15-16-14(19)11-5-7-12(8-6-11)17(20)21/h1,3,5-8,10H,2,4,9H2,(H,15,18)(H,16,19)/t10-/m1/s1. The van der Waals surface area contributed by atoms with Crippen molar-refractivity contribution >= 4 is 17.5 Å². The second-order valence-corrected chi connectivity index (χ2v) is 4.78. The molecular weight excluding hydrogens is 274 g/mol. The molecular formula is C14H15N3O4. The number of rotatable bonds is 4. The van der Waals surface area contributed by atoms with Gasteiger partial charge in [-0.1, -0.05) is 12.2 Å². The van der Waals surface area contributed by atoms with E-state index in [1.165, 1.54) is 24.3 Å². The number of nitrogens with one attached hydrogen (secondary N) is 2. The molecule has 0 heterocycles. The molecule has 2 rings (SSSR count). The molecule has 0 aromatic heterocycles. The van der Waals surface area contributed by atoms with Crippen LogP contribution in [0.5, 0.6) is 0 Å². The summed E-state index contributed by atoms with van der Waals surface area (Å²) in [4.78, 5) is 33.3. The molecule has 0 radical (unpaired) electrons. The molecule has 21 heavy (non-hydrogen) atoms. The summed E-state index contributed by atoms with van der Waals surface area (Å²) in [5.41, 5.74) is 4.77. The largest absolute Gasteiger partial charge is 0.273 e. The maximum atomic E-state index is 11.8. The van der Waals surface area contributed by atoms with E-state index in [-0.39, 0.29) is 23.1 Å². The SMILES string of the molecule is O=C(C[C@@H]1C=CCC1)NNC(=O)c1ccc([N+](=O)[O-])cc1. The van der Waals surface area contributed by atoms with E-state index < -0.39 is 10.8 Å². The number of non-ortho nitro benzene ring substituents is 1. The van der Waals surface area contributed by atoms with Crippen LogP contribution in [0.4, 0.5) is 5.69 Å². The summed E-state index contributed by atoms with van der Waals surface area (Å²) in [5.74, 6) is -0.552. The highest BCUT2D eigenvalue weighted by Gasteiger charge is 2.15. The number of carbonyl (C=O) groups is 2. The van der Waals surface area contributed by atoms with Gasteiger partial charge in [0.1, 0.15) is 0 Å². The average molecular weight is 289 g/mol. The number of carbonyl (C=O) groups excluding carboxylic acids is 2. The molecule has 0 spiro atoms. The predicted molar refractivity (Wildman–Crippen MR) is 75.2 cm³/mol. The molecule has 110 valence electrons. The zero-order valence-corrected chi connectivity index (χ0v) is 11.2. The quantitative estimate of drug-likeness (QED) is 0.500. The Bertz CT molecular complexity index is 580. The minimum Gasteiger partial charge on any atom is -0.273 e. The van der Waals surface area contributed by atoms with Gasteiger partial charge >= 0.3 is 0 Å². The summed E-state index contributed by atoms with van der Waals surface area (Å²) in [6.45, 7) is 0. The summed E-state index contributed by atoms with van der Waals surface area (Å²) in [6.07, 6.45) is 6.29. The van der Waals surface area contributed by atoms with Crippen LogP contribution in [0, 0.1) is 16.0 Å². The van der Waals surface area contributed by atoms with Crippen LogP contribution in [0.15, 0.2) is 36.4 Å². The molecule has 1 atom stereocenters. The van der Waals surface area contributed by atoms with Crippen molar-refractivity contribution in [1.82, 2.24) is 10.9 Å². The number of benzene rings is 1. The van der Waals surface area contributed by atoms with Crippen molar-refractivity contribution in [3.05, 3.63) is 52.1 Å². The zero-order chi connectivity index (χ0) is 15.2. The van der Waals surface area contributed by atoms with Gasteiger partial charge in [0.15, 0.2) is 0 Å². The number of nitro benzene ring substituents is 1. The molecule has 1 aliphatic rings. The van der Waals surface area contributed by atoms with E-state index in [4.69, 9.17) is 0 Å². The van der Waals surface area contributed by atoms with Gasteiger partial charge in [-0.3, -0.25) is 30.6 Å². The average Bonchev–Trinajstić information content (AvgIpc) is 2.97. The van der Waals surface area contributed by atoms with Crippen molar-refractivity contribution in [2.24, 2.45) is 5.92 Å². The first-order valence-electron chi connectivity index (χ1n) is 6.56. The molecule has 7 nitrogen and oxygen atoms in total. The first-order valence-corrected chi connectivity index (χ1v) is 6.56. The van der Waals surface area contributed by atoms with Crippen LogP contribution in [-0.4, -0.2) is 16.7 Å². The Balaban J connectivity index is 1.82. The van der Waals surface area contributed by atoms with E-state index in [1.54, 1.807) is 0 Å². The third-order valence-electron chi connectivity index (χ3n) is 3.22. The van der Waals surface area contributed by atoms with E-state index in [0.29, 0.717) is 6.42 Å². The highest BCUT2D eigenvalue weighted by molar-refractivity contribution is 5.95. The first-order chi connectivity index (χ1) is 10.1. The molecule has 0 unspecified atom stereocenters. The van der Waals surface area contributed by atoms with E-state index in [0.717, 1.165) is 12.8 Å². The van der Waals surface area contributed by atoms with Gasteiger partial charge in [0.2, 0.25) is 5.91 Å². The van der Waals surface area contributed by atoms with Gasteiger partial charge in [-0.2, -0.15) is 0 Å². The number of nitro groups is 1. The maximum absolute atomic E-state index is 11.8. The van der Waals surface area contributed by atoms with E-state index in [1.807, 2.05) is 12.2 Å². The number of nitrogens with zero attached hydrogens (tertiary/aromatic N) is 1. The Morgan fingerprint density at radius 1 is 1.24 bits per heavy atom. The monoisotopic (exact) mass is 289 g/mol. The molecule has 7 heteroatoms. The number of hydrogen-bond acceptors (Lipinski definition) is 4. The Labute approximate surface area is 121 Å². The predicted octanol–water partition coefficient (Wildman–Crippen LogP) is 1.71. The highest BCUT2D eigenvalue weighted by atomic mass is 16.6. The fourth-order valence-electron chi connectivity index (χ4n) is 2.09. The summed E-state index contributed by atoms with van der Waals surface area (Å²) < 4.78 is 0. The molecule has 1 aromatic rings. The smallest absolute Gasteiger partial charge is 0.269 e. The van der Waals surface area contributed by atoms with Crippen molar-refractivity contribution in [2.45, 2.75) is 19.3 Å². The van der Waals surface area contributed by atoms with Crippen molar-refractivity contribution in [3.63, 3.8) is 0 Å². The van der Waals surface area contributed by atoms with Crippen molar-refractivity contribution < 1.29 is 14.5 Å². The molecule has 1 aliphatic carbocycles. The zero-order valence-electron chi connectivity index (χ0n) is 11.2. The minimum atomic E-state index is -0.543. The number of allylic oxidation sites excluding steroid dienone is 2. The summed E-state index contributed by atoms with van der Waals surface area (Å²) in [6, 6.07) is 5.14. The Morgan fingerprint density at radius 2 is 1.95 bits per heavy atom. The molecule has 0 saturated heterocycles. The third kappa shape index (κ3) is 4.13. The third-order valence-corrected chi connectivity index (χ3v) is 3.22. The molecule has 2 amide bonds. The lowest BCUT2D eigenvalue weighted by Gasteiger charge is -2.09. The van der Waals surface area contributed by atoms with E-state index in [2.05, 4.69) is 10.9 Å². The van der Waals surface area contributed by atoms with Gasteiger partial charge in [0.05, 0.1) is 4.92 Å². The van der Waals surface area contributed by atoms with Crippen molar-refractivity contribution in [2.75, 3.05) is 0 Å². The summed E-state index contributed by atoms with van der Waals surface area (Å²) in [7, 11) is 0. The Kier molecular flexibility index (Phi) is 4.65. The number of hydrogen-bond donors (Lipinski definition) is 2. The fourth-order valence-corrected chi connectivity index (χ4v) is 2.09. The van der Waals surface area contributed by atoms with Gasteiger partial charge in [0, 0.05) is 24.1 Å². The lowest BCUT2D eigenvalue weighted by Crippen LogP contribution is -2.42. The van der Waals surface area contributed by atoms with Gasteiger partial charge < -0.3 is 0 Å². The van der Waals surface area contributed by atoms with Crippen LogP contribution >= 0.6 is 0 Å². The highest BCUT2D eigenvalue weighted by Crippen LogP contribution is 2.19. The van der Waals surface area contributed by atoms with Crippen LogP contribution in [0.2, 0.25) is 0 Å². The normalized spacial score (nSPS) is 16.5. The van der Waals surface area contributed by atoms with Gasteiger partial charge in [-0.15, -0.1) is 0 Å². The molecule has 0 fully saturated rings. The van der Waals surface area contributed by atoms with Gasteiger partial charge in [-0.25, -0.2) is 0 Å². The van der Waals surface area contributed by atoms with Crippen molar-refractivity contribution in [3.8, 4) is 0 Å². The van der Waals surface area contributed by atoms with Gasteiger partial charge in [-0.05, 0) is 30.9 Å². The summed E-state index contributed by atoms with van der Waals surface area (Å²) >= 11 is 0. The number of amides is 2. The molecule has 0 aliphatic heterocycles. The molecule has 2 N–H and O–H groups in total. The summed E-state index contributed by atoms with van der Waals surface area (Å²) in [5, 5.41) is 10.5. The van der Waals surface area contributed by atoms with Crippen molar-refractivity contribution in [1.29, 1.82) is 0 Å². The maximum Gasteiger partial charge on any atom is 0.269 e. The topological polar surface area (TPSA) is 101 Å². The van der Waals surface area contributed by atoms with E-state index >= 15 is 0 Å². The van der Waals surface area contributed by atoms with Crippen LogP contribution in [0.3, 0.4) is 0 Å². The number of hydrazine groups is 1. The fraction of sp³-hybridized carbons (Fsp3) is 0.286. The second kappa shape index (κ2) is 6.65. The molecule has 0 saturated carbocycles.